The van der Waals surface area contributed by atoms with E-state index < -0.39 is 4.92 Å². The Balaban J connectivity index is 1.74. The normalized spacial score (nSPS) is 19.7. The van der Waals surface area contributed by atoms with Gasteiger partial charge in [-0.15, -0.1) is 17.9 Å². The number of anilines is 1. The highest BCUT2D eigenvalue weighted by molar-refractivity contribution is 7.14. The van der Waals surface area contributed by atoms with Gasteiger partial charge in [-0.25, -0.2) is 4.98 Å². The van der Waals surface area contributed by atoms with Crippen molar-refractivity contribution in [2.75, 3.05) is 31.1 Å². The number of thiazole rings is 1. The van der Waals surface area contributed by atoms with E-state index in [-0.39, 0.29) is 23.8 Å². The minimum absolute atomic E-state index is 0.0293. The number of aromatic nitrogens is 1. The molecule has 0 aliphatic carbocycles. The van der Waals surface area contributed by atoms with Gasteiger partial charge < -0.3 is 4.74 Å². The van der Waals surface area contributed by atoms with E-state index in [0.29, 0.717) is 37.0 Å². The topological polar surface area (TPSA) is 88.8 Å². The number of nitrogens with zero attached hydrogens (tertiary/aromatic N) is 4. The van der Waals surface area contributed by atoms with Crippen LogP contribution in [0.3, 0.4) is 0 Å². The summed E-state index contributed by atoms with van der Waals surface area (Å²) in [5.41, 5.74) is 1.47. The molecule has 1 aliphatic rings. The number of nitro benzene ring substituents is 1. The van der Waals surface area contributed by atoms with Crippen molar-refractivity contribution in [2.45, 2.75) is 26.1 Å². The van der Waals surface area contributed by atoms with Crippen molar-refractivity contribution in [1.82, 2.24) is 9.88 Å². The highest BCUT2D eigenvalue weighted by atomic mass is 32.1. The zero-order valence-corrected chi connectivity index (χ0v) is 17.3. The first-order chi connectivity index (χ1) is 13.9. The van der Waals surface area contributed by atoms with Gasteiger partial charge in [0.2, 0.25) is 5.91 Å². The molecule has 8 nitrogen and oxygen atoms in total. The molecule has 1 fully saturated rings. The Morgan fingerprint density at radius 3 is 2.62 bits per heavy atom. The quantitative estimate of drug-likeness (QED) is 0.391. The fraction of sp³-hybridized carbons (Fsp3) is 0.400. The lowest BCUT2D eigenvalue weighted by atomic mass is 10.1. The number of morpholine rings is 1. The zero-order valence-electron chi connectivity index (χ0n) is 16.5. The molecule has 9 heteroatoms. The molecule has 154 valence electrons. The fourth-order valence-electron chi connectivity index (χ4n) is 3.38. The molecule has 1 aromatic carbocycles. The maximum absolute atomic E-state index is 13.0. The van der Waals surface area contributed by atoms with E-state index in [0.717, 1.165) is 5.56 Å². The van der Waals surface area contributed by atoms with Gasteiger partial charge in [0.05, 0.1) is 29.4 Å². The zero-order chi connectivity index (χ0) is 21.0. The van der Waals surface area contributed by atoms with Gasteiger partial charge in [-0.2, -0.15) is 0 Å². The smallest absolute Gasteiger partial charge is 0.269 e. The fourth-order valence-corrected chi connectivity index (χ4v) is 4.24. The monoisotopic (exact) mass is 416 g/mol. The first kappa shape index (κ1) is 21.1. The first-order valence-corrected chi connectivity index (χ1v) is 10.2. The Morgan fingerprint density at radius 1 is 1.38 bits per heavy atom. The van der Waals surface area contributed by atoms with Crippen LogP contribution in [0.25, 0.3) is 11.3 Å². The Morgan fingerprint density at radius 2 is 2.03 bits per heavy atom. The predicted molar refractivity (Wildman–Crippen MR) is 113 cm³/mol. The van der Waals surface area contributed by atoms with Crippen molar-refractivity contribution < 1.29 is 14.5 Å². The summed E-state index contributed by atoms with van der Waals surface area (Å²) in [7, 11) is 0. The summed E-state index contributed by atoms with van der Waals surface area (Å²) in [5, 5.41) is 13.2. The molecule has 0 N–H and O–H groups in total. The molecule has 0 radical (unpaired) electrons. The average molecular weight is 417 g/mol. The Bertz CT molecular complexity index is 873. The molecule has 1 saturated heterocycles. The van der Waals surface area contributed by atoms with Crippen molar-refractivity contribution in [3.8, 4) is 11.3 Å². The summed E-state index contributed by atoms with van der Waals surface area (Å²) in [4.78, 5) is 31.7. The van der Waals surface area contributed by atoms with Crippen LogP contribution in [0.5, 0.6) is 0 Å². The van der Waals surface area contributed by atoms with Gasteiger partial charge >= 0.3 is 0 Å². The maximum Gasteiger partial charge on any atom is 0.269 e. The largest absolute Gasteiger partial charge is 0.373 e. The number of nitro groups is 1. The molecule has 2 aromatic rings. The molecule has 2 atom stereocenters. The predicted octanol–water partition coefficient (Wildman–Crippen LogP) is 3.35. The van der Waals surface area contributed by atoms with Crippen molar-refractivity contribution in [2.24, 2.45) is 0 Å². The van der Waals surface area contributed by atoms with E-state index in [1.807, 2.05) is 19.2 Å². The van der Waals surface area contributed by atoms with Crippen LogP contribution in [0.15, 0.2) is 42.3 Å². The third kappa shape index (κ3) is 5.26. The first-order valence-electron chi connectivity index (χ1n) is 9.36. The van der Waals surface area contributed by atoms with E-state index >= 15 is 0 Å². The molecule has 1 amide bonds. The van der Waals surface area contributed by atoms with Gasteiger partial charge in [-0.3, -0.25) is 24.7 Å². The molecule has 0 bridgehead atoms. The van der Waals surface area contributed by atoms with Gasteiger partial charge in [0.25, 0.3) is 5.69 Å². The van der Waals surface area contributed by atoms with Crippen LogP contribution in [0.2, 0.25) is 0 Å². The van der Waals surface area contributed by atoms with Crippen LogP contribution < -0.4 is 4.90 Å². The van der Waals surface area contributed by atoms with Crippen LogP contribution in [-0.2, 0) is 9.53 Å². The molecule has 2 heterocycles. The van der Waals surface area contributed by atoms with E-state index in [2.05, 4.69) is 16.5 Å². The van der Waals surface area contributed by atoms with Gasteiger partial charge in [0.15, 0.2) is 5.13 Å². The van der Waals surface area contributed by atoms with Crippen molar-refractivity contribution in [1.29, 1.82) is 0 Å². The SMILES string of the molecule is C=CCN(C(=O)CN1C[C@@H](C)O[C@@H](C)C1)c1nc(-c2ccc([N+](=O)[O-])cc2)cs1. The standard InChI is InChI=1S/C20H24N4O4S/c1-4-9-23(19(25)12-22-10-14(2)28-15(3)11-22)20-21-18(13-29-20)16-5-7-17(8-6-16)24(26)27/h4-8,13-15H,1,9-12H2,2-3H3/t14-,15+. The Kier molecular flexibility index (Phi) is 6.73. The van der Waals surface area contributed by atoms with Gasteiger partial charge in [-0.05, 0) is 26.0 Å². The average Bonchev–Trinajstić information content (AvgIpc) is 3.15. The molecule has 29 heavy (non-hydrogen) atoms. The molecule has 0 unspecified atom stereocenters. The van der Waals surface area contributed by atoms with Crippen molar-refractivity contribution in [3.63, 3.8) is 0 Å². The number of hydrogen-bond acceptors (Lipinski definition) is 7. The number of non-ortho nitro benzene ring substituents is 1. The highest BCUT2D eigenvalue weighted by Crippen LogP contribution is 2.29. The number of amides is 1. The number of rotatable bonds is 7. The summed E-state index contributed by atoms with van der Waals surface area (Å²) < 4.78 is 5.73. The number of carbonyl (C=O) groups is 1. The summed E-state index contributed by atoms with van der Waals surface area (Å²) in [6, 6.07) is 6.21. The second-order valence-corrected chi connectivity index (χ2v) is 7.90. The summed E-state index contributed by atoms with van der Waals surface area (Å²) in [6.45, 7) is 9.84. The van der Waals surface area contributed by atoms with Crippen molar-refractivity contribution in [3.05, 3.63) is 52.4 Å². The van der Waals surface area contributed by atoms with Crippen LogP contribution in [0.4, 0.5) is 10.8 Å². The second-order valence-electron chi connectivity index (χ2n) is 7.06. The third-order valence-corrected chi connectivity index (χ3v) is 5.43. The summed E-state index contributed by atoms with van der Waals surface area (Å²) in [6.07, 6.45) is 1.86. The number of carbonyl (C=O) groups excluding carboxylic acids is 1. The molecular weight excluding hydrogens is 392 g/mol. The van der Waals surface area contributed by atoms with Crippen molar-refractivity contribution >= 4 is 28.1 Å². The second kappa shape index (κ2) is 9.25. The van der Waals surface area contributed by atoms with Gasteiger partial charge in [-0.1, -0.05) is 6.08 Å². The third-order valence-electron chi connectivity index (χ3n) is 4.56. The molecule has 0 spiro atoms. The van der Waals surface area contributed by atoms with Crippen LogP contribution in [0, 0.1) is 10.1 Å². The maximum atomic E-state index is 13.0. The van der Waals surface area contributed by atoms with E-state index in [1.54, 1.807) is 23.1 Å². The Labute approximate surface area is 173 Å². The van der Waals surface area contributed by atoms with Crippen LogP contribution in [-0.4, -0.2) is 59.1 Å². The number of benzene rings is 1. The van der Waals surface area contributed by atoms with E-state index in [1.165, 1.54) is 23.5 Å². The number of ether oxygens (including phenoxy) is 1. The lowest BCUT2D eigenvalue weighted by molar-refractivity contribution is -0.384. The van der Waals surface area contributed by atoms with Gasteiger partial charge in [0.1, 0.15) is 0 Å². The number of hydrogen-bond donors (Lipinski definition) is 0. The minimum atomic E-state index is -0.436. The summed E-state index contributed by atoms with van der Waals surface area (Å²) in [5.74, 6) is -0.0456. The van der Waals surface area contributed by atoms with E-state index in [9.17, 15) is 14.9 Å². The lowest BCUT2D eigenvalue weighted by Gasteiger charge is -2.35. The molecule has 0 saturated carbocycles. The summed E-state index contributed by atoms with van der Waals surface area (Å²) >= 11 is 1.36. The van der Waals surface area contributed by atoms with E-state index in [4.69, 9.17) is 4.74 Å². The lowest BCUT2D eigenvalue weighted by Crippen LogP contribution is -2.50. The van der Waals surface area contributed by atoms with Gasteiger partial charge in [0, 0.05) is 42.7 Å². The van der Waals surface area contributed by atoms with Crippen LogP contribution in [0.1, 0.15) is 13.8 Å². The Hall–Kier alpha value is -2.62. The highest BCUT2D eigenvalue weighted by Gasteiger charge is 2.26. The molecular formula is C20H24N4O4S. The molecule has 1 aromatic heterocycles. The minimum Gasteiger partial charge on any atom is -0.373 e. The molecule has 1 aliphatic heterocycles. The molecule has 3 rings (SSSR count). The van der Waals surface area contributed by atoms with Crippen LogP contribution >= 0.6 is 11.3 Å².